The largest absolute Gasteiger partial charge is 0.379 e. The van der Waals surface area contributed by atoms with Crippen molar-refractivity contribution in [2.24, 2.45) is 16.6 Å². The summed E-state index contributed by atoms with van der Waals surface area (Å²) < 4.78 is 20.9. The molecule has 0 bridgehead atoms. The van der Waals surface area contributed by atoms with Gasteiger partial charge in [-0.25, -0.2) is 14.4 Å². The van der Waals surface area contributed by atoms with Crippen LogP contribution in [0.3, 0.4) is 0 Å². The van der Waals surface area contributed by atoms with E-state index in [1.54, 1.807) is 6.07 Å². The molecular formula is C21H20FN5O2S. The highest BCUT2D eigenvalue weighted by Crippen LogP contribution is 2.49. The maximum Gasteiger partial charge on any atom is 0.274 e. The van der Waals surface area contributed by atoms with Crippen LogP contribution in [0.25, 0.3) is 0 Å². The first kappa shape index (κ1) is 20.3. The zero-order chi connectivity index (χ0) is 21.3. The highest BCUT2D eigenvalue weighted by molar-refractivity contribution is 8.13. The van der Waals surface area contributed by atoms with Gasteiger partial charge in [-0.05, 0) is 36.8 Å². The van der Waals surface area contributed by atoms with Crippen molar-refractivity contribution in [2.75, 3.05) is 17.7 Å². The van der Waals surface area contributed by atoms with Crippen LogP contribution in [0.15, 0.2) is 41.5 Å². The van der Waals surface area contributed by atoms with Gasteiger partial charge in [-0.2, -0.15) is 5.26 Å². The summed E-state index contributed by atoms with van der Waals surface area (Å²) >= 11 is 1.45. The lowest BCUT2D eigenvalue weighted by Gasteiger charge is -2.36. The number of anilines is 1. The van der Waals surface area contributed by atoms with Gasteiger partial charge in [0, 0.05) is 29.1 Å². The highest BCUT2D eigenvalue weighted by atomic mass is 32.2. The number of pyridine rings is 1. The SMILES string of the molecule is CC[C@H]1OC[C@]2(c3cc(NC(=O)c4ccc(C#N)cn4)ccc3F)N=C(N)SCC12. The summed E-state index contributed by atoms with van der Waals surface area (Å²) in [6.07, 6.45) is 2.09. The first-order valence-corrected chi connectivity index (χ1v) is 10.5. The predicted molar refractivity (Wildman–Crippen MR) is 113 cm³/mol. The number of aromatic nitrogens is 1. The van der Waals surface area contributed by atoms with Gasteiger partial charge in [0.1, 0.15) is 23.1 Å². The second-order valence-corrected chi connectivity index (χ2v) is 8.28. The molecule has 0 saturated carbocycles. The van der Waals surface area contributed by atoms with E-state index in [9.17, 15) is 9.18 Å². The number of fused-ring (bicyclic) bond motifs is 1. The summed E-state index contributed by atoms with van der Waals surface area (Å²) in [5, 5.41) is 12.0. The number of aliphatic imine (C=N–C) groups is 1. The van der Waals surface area contributed by atoms with Crippen molar-refractivity contribution in [1.29, 1.82) is 5.26 Å². The Hall–Kier alpha value is -2.96. The van der Waals surface area contributed by atoms with E-state index in [0.717, 1.165) is 6.42 Å². The fourth-order valence-electron chi connectivity index (χ4n) is 3.99. The van der Waals surface area contributed by atoms with Crippen molar-refractivity contribution in [3.8, 4) is 6.07 Å². The molecule has 30 heavy (non-hydrogen) atoms. The number of amides is 1. The minimum absolute atomic E-state index is 0.0135. The Balaban J connectivity index is 1.67. The third kappa shape index (κ3) is 3.53. The van der Waals surface area contributed by atoms with E-state index in [4.69, 9.17) is 15.7 Å². The Bertz CT molecular complexity index is 1050. The van der Waals surface area contributed by atoms with Gasteiger partial charge in [0.05, 0.1) is 18.3 Å². The van der Waals surface area contributed by atoms with Gasteiger partial charge in [0.25, 0.3) is 5.91 Å². The Morgan fingerprint density at radius 3 is 3.00 bits per heavy atom. The predicted octanol–water partition coefficient (Wildman–Crippen LogP) is 3.03. The number of thioether (sulfide) groups is 1. The van der Waals surface area contributed by atoms with Crippen LogP contribution in [-0.4, -0.2) is 34.5 Å². The van der Waals surface area contributed by atoms with Crippen LogP contribution in [0, 0.1) is 23.1 Å². The number of halogens is 1. The molecule has 1 fully saturated rings. The van der Waals surface area contributed by atoms with Crippen LogP contribution >= 0.6 is 11.8 Å². The number of benzene rings is 1. The van der Waals surface area contributed by atoms with E-state index in [2.05, 4.69) is 15.3 Å². The van der Waals surface area contributed by atoms with Gasteiger partial charge < -0.3 is 15.8 Å². The molecule has 0 radical (unpaired) electrons. The first-order valence-electron chi connectivity index (χ1n) is 9.54. The number of amidine groups is 1. The van der Waals surface area contributed by atoms with Gasteiger partial charge in [-0.3, -0.25) is 4.79 Å². The van der Waals surface area contributed by atoms with Gasteiger partial charge in [0.15, 0.2) is 5.17 Å². The molecule has 3 atom stereocenters. The van der Waals surface area contributed by atoms with Crippen molar-refractivity contribution in [2.45, 2.75) is 25.0 Å². The zero-order valence-corrected chi connectivity index (χ0v) is 17.1. The number of carbonyl (C=O) groups excluding carboxylic acids is 1. The van der Waals surface area contributed by atoms with E-state index in [1.165, 1.54) is 42.2 Å². The molecule has 7 nitrogen and oxygen atoms in total. The number of nitrogens with zero attached hydrogens (tertiary/aromatic N) is 3. The summed E-state index contributed by atoms with van der Waals surface area (Å²) in [7, 11) is 0. The molecule has 2 aromatic rings. The zero-order valence-electron chi connectivity index (χ0n) is 16.3. The number of nitrogens with two attached hydrogens (primary N) is 1. The molecule has 0 spiro atoms. The molecule has 4 rings (SSSR count). The summed E-state index contributed by atoms with van der Waals surface area (Å²) in [4.78, 5) is 21.2. The smallest absolute Gasteiger partial charge is 0.274 e. The minimum Gasteiger partial charge on any atom is -0.379 e. The summed E-state index contributed by atoms with van der Waals surface area (Å²) in [5.41, 5.74) is 6.39. The molecule has 3 N–H and O–H groups in total. The number of nitrogens with one attached hydrogen (secondary N) is 1. The number of ether oxygens (including phenoxy) is 1. The van der Waals surface area contributed by atoms with Crippen LogP contribution < -0.4 is 11.1 Å². The molecule has 9 heteroatoms. The van der Waals surface area contributed by atoms with Crippen molar-refractivity contribution in [3.05, 3.63) is 59.2 Å². The van der Waals surface area contributed by atoms with Crippen molar-refractivity contribution >= 4 is 28.5 Å². The molecular weight excluding hydrogens is 405 g/mol. The maximum absolute atomic E-state index is 15.0. The fourth-order valence-corrected chi connectivity index (χ4v) is 5.06. The molecule has 2 aliphatic heterocycles. The topological polar surface area (TPSA) is 113 Å². The summed E-state index contributed by atoms with van der Waals surface area (Å²) in [6, 6.07) is 9.33. The van der Waals surface area contributed by atoms with E-state index >= 15 is 0 Å². The van der Waals surface area contributed by atoms with Gasteiger partial charge in [-0.1, -0.05) is 18.7 Å². The lowest BCUT2D eigenvalue weighted by Crippen LogP contribution is -2.42. The lowest BCUT2D eigenvalue weighted by atomic mass is 9.78. The Kier molecular flexibility index (Phi) is 5.45. The number of nitriles is 1. The second kappa shape index (κ2) is 8.05. The standard InChI is InChI=1S/C21H20FN5O2S/c1-2-18-15-10-30-20(24)27-21(15,11-29-18)14-7-13(4-5-16(14)22)26-19(28)17-6-3-12(8-23)9-25-17/h3-7,9,15,18H,2,10-11H2,1H3,(H2,24,27)(H,26,28)/t15?,18-,21-/m1/s1. The van der Waals surface area contributed by atoms with E-state index in [1.807, 2.05) is 13.0 Å². The number of hydrogen-bond donors (Lipinski definition) is 2. The molecule has 1 saturated heterocycles. The van der Waals surface area contributed by atoms with Crippen LogP contribution in [0.4, 0.5) is 10.1 Å². The summed E-state index contributed by atoms with van der Waals surface area (Å²) in [6.45, 7) is 2.27. The maximum atomic E-state index is 15.0. The molecule has 2 aliphatic rings. The molecule has 1 amide bonds. The third-order valence-electron chi connectivity index (χ3n) is 5.52. The monoisotopic (exact) mass is 425 g/mol. The van der Waals surface area contributed by atoms with Gasteiger partial charge in [-0.15, -0.1) is 0 Å². The first-order chi connectivity index (χ1) is 14.5. The Morgan fingerprint density at radius 1 is 1.47 bits per heavy atom. The van der Waals surface area contributed by atoms with Crippen LogP contribution in [0.1, 0.15) is 35.0 Å². The highest BCUT2D eigenvalue weighted by Gasteiger charge is 2.53. The fraction of sp³-hybridized carbons (Fsp3) is 0.333. The number of hydrogen-bond acceptors (Lipinski definition) is 7. The van der Waals surface area contributed by atoms with Crippen molar-refractivity contribution in [1.82, 2.24) is 4.98 Å². The van der Waals surface area contributed by atoms with E-state index in [0.29, 0.717) is 27.7 Å². The molecule has 154 valence electrons. The van der Waals surface area contributed by atoms with Crippen molar-refractivity contribution < 1.29 is 13.9 Å². The number of rotatable bonds is 4. The quantitative estimate of drug-likeness (QED) is 0.778. The van der Waals surface area contributed by atoms with Crippen LogP contribution in [0.2, 0.25) is 0 Å². The third-order valence-corrected chi connectivity index (χ3v) is 6.43. The average molecular weight is 425 g/mol. The molecule has 0 aliphatic carbocycles. The Morgan fingerprint density at radius 2 is 2.30 bits per heavy atom. The Labute approximate surface area is 177 Å². The van der Waals surface area contributed by atoms with E-state index < -0.39 is 17.3 Å². The van der Waals surface area contributed by atoms with E-state index in [-0.39, 0.29) is 24.3 Å². The summed E-state index contributed by atoms with van der Waals surface area (Å²) in [5.74, 6) is -0.194. The van der Waals surface area contributed by atoms with Gasteiger partial charge >= 0.3 is 0 Å². The minimum atomic E-state index is -0.909. The normalized spacial score (nSPS) is 25.2. The lowest BCUT2D eigenvalue weighted by molar-refractivity contribution is 0.0904. The van der Waals surface area contributed by atoms with Crippen LogP contribution in [0.5, 0.6) is 0 Å². The second-order valence-electron chi connectivity index (χ2n) is 7.24. The number of carbonyl (C=O) groups is 1. The molecule has 1 aromatic heterocycles. The molecule has 3 heterocycles. The average Bonchev–Trinajstić information content (AvgIpc) is 3.13. The van der Waals surface area contributed by atoms with Crippen LogP contribution in [-0.2, 0) is 10.3 Å². The molecule has 1 unspecified atom stereocenters. The van der Waals surface area contributed by atoms with Crippen molar-refractivity contribution in [3.63, 3.8) is 0 Å². The van der Waals surface area contributed by atoms with Gasteiger partial charge in [0.2, 0.25) is 0 Å². The molecule has 1 aromatic carbocycles.